The number of benzene rings is 1. The van der Waals surface area contributed by atoms with E-state index in [-0.39, 0.29) is 12.4 Å². The number of rotatable bonds is 2. The van der Waals surface area contributed by atoms with E-state index < -0.39 is 0 Å². The standard InChI is InChI=1S/C13H15ClN2.ClH/c14-13-8-11(9-15)4-5-12(13)10-16-6-2-1-3-7-16;/h4-5,8H,1-3,6-7,10H2;1H. The van der Waals surface area contributed by atoms with E-state index in [0.29, 0.717) is 10.6 Å². The highest BCUT2D eigenvalue weighted by Crippen LogP contribution is 2.21. The molecule has 0 radical (unpaired) electrons. The van der Waals surface area contributed by atoms with E-state index in [1.165, 1.54) is 19.3 Å². The molecule has 0 N–H and O–H groups in total. The minimum absolute atomic E-state index is 0. The van der Waals surface area contributed by atoms with Crippen molar-refractivity contribution in [1.82, 2.24) is 4.90 Å². The van der Waals surface area contributed by atoms with Crippen molar-refractivity contribution in [2.75, 3.05) is 13.1 Å². The van der Waals surface area contributed by atoms with Gasteiger partial charge in [0.25, 0.3) is 0 Å². The van der Waals surface area contributed by atoms with Crippen molar-refractivity contribution in [3.8, 4) is 6.07 Å². The molecule has 0 aromatic heterocycles. The van der Waals surface area contributed by atoms with Gasteiger partial charge in [0, 0.05) is 11.6 Å². The van der Waals surface area contributed by atoms with E-state index in [2.05, 4.69) is 11.0 Å². The van der Waals surface area contributed by atoms with Gasteiger partial charge < -0.3 is 0 Å². The van der Waals surface area contributed by atoms with Crippen LogP contribution in [0.2, 0.25) is 5.02 Å². The first-order valence-electron chi connectivity index (χ1n) is 5.70. The predicted molar refractivity (Wildman–Crippen MR) is 72.5 cm³/mol. The molecule has 1 heterocycles. The topological polar surface area (TPSA) is 27.0 Å². The van der Waals surface area contributed by atoms with Crippen LogP contribution in [0.3, 0.4) is 0 Å². The van der Waals surface area contributed by atoms with Crippen LogP contribution in [-0.4, -0.2) is 18.0 Å². The summed E-state index contributed by atoms with van der Waals surface area (Å²) in [5.74, 6) is 0. The number of nitriles is 1. The smallest absolute Gasteiger partial charge is 0.0992 e. The molecule has 1 aromatic carbocycles. The van der Waals surface area contributed by atoms with Crippen LogP contribution >= 0.6 is 24.0 Å². The Labute approximate surface area is 114 Å². The highest BCUT2D eigenvalue weighted by atomic mass is 35.5. The average molecular weight is 271 g/mol. The van der Waals surface area contributed by atoms with E-state index in [9.17, 15) is 0 Å². The second-order valence-electron chi connectivity index (χ2n) is 4.25. The molecule has 1 aliphatic rings. The summed E-state index contributed by atoms with van der Waals surface area (Å²) >= 11 is 6.15. The molecule has 0 spiro atoms. The van der Waals surface area contributed by atoms with E-state index in [1.54, 1.807) is 6.07 Å². The lowest BCUT2D eigenvalue weighted by Crippen LogP contribution is -2.29. The molecule has 4 heteroatoms. The van der Waals surface area contributed by atoms with E-state index >= 15 is 0 Å². The summed E-state index contributed by atoms with van der Waals surface area (Å²) in [5, 5.41) is 9.47. The summed E-state index contributed by atoms with van der Waals surface area (Å²) < 4.78 is 0. The number of hydrogen-bond acceptors (Lipinski definition) is 2. The SMILES string of the molecule is Cl.N#Cc1ccc(CN2CCCCC2)c(Cl)c1. The molecule has 0 saturated carbocycles. The van der Waals surface area contributed by atoms with Crippen LogP contribution in [0.15, 0.2) is 18.2 Å². The Morgan fingerprint density at radius 1 is 1.24 bits per heavy atom. The molecule has 0 amide bonds. The van der Waals surface area contributed by atoms with Crippen molar-refractivity contribution in [2.45, 2.75) is 25.8 Å². The van der Waals surface area contributed by atoms with Crippen molar-refractivity contribution >= 4 is 24.0 Å². The predicted octanol–water partition coefficient (Wildman–Crippen LogP) is 3.62. The van der Waals surface area contributed by atoms with Gasteiger partial charge in [-0.15, -0.1) is 12.4 Å². The fourth-order valence-electron chi connectivity index (χ4n) is 2.10. The number of halogens is 2. The Balaban J connectivity index is 0.00000144. The summed E-state index contributed by atoms with van der Waals surface area (Å²) in [4.78, 5) is 2.43. The van der Waals surface area contributed by atoms with Crippen LogP contribution in [-0.2, 0) is 6.54 Å². The van der Waals surface area contributed by atoms with Crippen LogP contribution in [0, 0.1) is 11.3 Å². The summed E-state index contributed by atoms with van der Waals surface area (Å²) in [6, 6.07) is 7.66. The Hall–Kier alpha value is -0.750. The van der Waals surface area contributed by atoms with Crippen LogP contribution in [0.25, 0.3) is 0 Å². The lowest BCUT2D eigenvalue weighted by molar-refractivity contribution is 0.221. The van der Waals surface area contributed by atoms with Crippen LogP contribution in [0.5, 0.6) is 0 Å². The minimum atomic E-state index is 0. The first-order chi connectivity index (χ1) is 7.79. The molecule has 2 rings (SSSR count). The summed E-state index contributed by atoms with van der Waals surface area (Å²) in [6.45, 7) is 3.23. The molecule has 1 aliphatic heterocycles. The first kappa shape index (κ1) is 14.3. The molecule has 0 unspecified atom stereocenters. The van der Waals surface area contributed by atoms with Crippen molar-refractivity contribution in [2.24, 2.45) is 0 Å². The minimum Gasteiger partial charge on any atom is -0.299 e. The second kappa shape index (κ2) is 6.86. The number of likely N-dealkylation sites (tertiary alicyclic amines) is 1. The van der Waals surface area contributed by atoms with Gasteiger partial charge in [0.2, 0.25) is 0 Å². The van der Waals surface area contributed by atoms with E-state index in [4.69, 9.17) is 16.9 Å². The van der Waals surface area contributed by atoms with Gasteiger partial charge in [0.1, 0.15) is 0 Å². The lowest BCUT2D eigenvalue weighted by atomic mass is 10.1. The Kier molecular flexibility index (Phi) is 5.77. The fraction of sp³-hybridized carbons (Fsp3) is 0.462. The van der Waals surface area contributed by atoms with Crippen LogP contribution < -0.4 is 0 Å². The maximum absolute atomic E-state index is 8.76. The first-order valence-corrected chi connectivity index (χ1v) is 6.08. The van der Waals surface area contributed by atoms with Gasteiger partial charge in [-0.3, -0.25) is 4.90 Å². The molecule has 0 aliphatic carbocycles. The second-order valence-corrected chi connectivity index (χ2v) is 4.66. The summed E-state index contributed by atoms with van der Waals surface area (Å²) in [7, 11) is 0. The molecule has 17 heavy (non-hydrogen) atoms. The van der Waals surface area contributed by atoms with Crippen LogP contribution in [0.1, 0.15) is 30.4 Å². The lowest BCUT2D eigenvalue weighted by Gasteiger charge is -2.26. The molecular formula is C13H16Cl2N2. The third-order valence-corrected chi connectivity index (χ3v) is 3.38. The third kappa shape index (κ3) is 3.89. The molecule has 2 nitrogen and oxygen atoms in total. The van der Waals surface area contributed by atoms with Gasteiger partial charge in [-0.2, -0.15) is 5.26 Å². The quantitative estimate of drug-likeness (QED) is 0.821. The molecule has 1 saturated heterocycles. The van der Waals surface area contributed by atoms with Gasteiger partial charge in [0.05, 0.1) is 11.6 Å². The number of nitrogens with zero attached hydrogens (tertiary/aromatic N) is 2. The molecule has 0 bridgehead atoms. The highest BCUT2D eigenvalue weighted by molar-refractivity contribution is 6.31. The Morgan fingerprint density at radius 3 is 2.53 bits per heavy atom. The molecule has 92 valence electrons. The zero-order chi connectivity index (χ0) is 11.4. The van der Waals surface area contributed by atoms with Crippen molar-refractivity contribution < 1.29 is 0 Å². The van der Waals surface area contributed by atoms with E-state index in [1.807, 2.05) is 12.1 Å². The zero-order valence-electron chi connectivity index (χ0n) is 9.66. The van der Waals surface area contributed by atoms with Crippen molar-refractivity contribution in [3.63, 3.8) is 0 Å². The Morgan fingerprint density at radius 2 is 1.94 bits per heavy atom. The average Bonchev–Trinajstić information content (AvgIpc) is 2.33. The maximum Gasteiger partial charge on any atom is 0.0992 e. The van der Waals surface area contributed by atoms with Gasteiger partial charge in [0.15, 0.2) is 0 Å². The third-order valence-electron chi connectivity index (χ3n) is 3.02. The largest absolute Gasteiger partial charge is 0.299 e. The van der Waals surface area contributed by atoms with Crippen molar-refractivity contribution in [1.29, 1.82) is 5.26 Å². The molecule has 0 atom stereocenters. The Bertz CT molecular complexity index is 406. The maximum atomic E-state index is 8.76. The van der Waals surface area contributed by atoms with Gasteiger partial charge in [-0.25, -0.2) is 0 Å². The molecule has 1 aromatic rings. The van der Waals surface area contributed by atoms with Crippen molar-refractivity contribution in [3.05, 3.63) is 34.3 Å². The molecular weight excluding hydrogens is 255 g/mol. The number of piperidine rings is 1. The summed E-state index contributed by atoms with van der Waals surface area (Å²) in [6.07, 6.45) is 3.92. The van der Waals surface area contributed by atoms with Crippen LogP contribution in [0.4, 0.5) is 0 Å². The highest BCUT2D eigenvalue weighted by Gasteiger charge is 2.12. The zero-order valence-corrected chi connectivity index (χ0v) is 11.2. The summed E-state index contributed by atoms with van der Waals surface area (Å²) in [5.41, 5.74) is 1.76. The molecule has 1 fully saturated rings. The van der Waals surface area contributed by atoms with Gasteiger partial charge in [-0.05, 0) is 43.6 Å². The van der Waals surface area contributed by atoms with Gasteiger partial charge in [-0.1, -0.05) is 24.1 Å². The monoisotopic (exact) mass is 270 g/mol. The van der Waals surface area contributed by atoms with Gasteiger partial charge >= 0.3 is 0 Å². The fourth-order valence-corrected chi connectivity index (χ4v) is 2.34. The number of hydrogen-bond donors (Lipinski definition) is 0. The normalized spacial score (nSPS) is 16.0. The van der Waals surface area contributed by atoms with E-state index in [0.717, 1.165) is 25.2 Å².